The Bertz CT molecular complexity index is 137. The Balaban J connectivity index is 4.32. The van der Waals surface area contributed by atoms with E-state index in [2.05, 4.69) is 0 Å². The molecule has 3 heteroatoms. The zero-order valence-corrected chi connectivity index (χ0v) is 8.37. The Labute approximate surface area is 74.4 Å². The number of carbonyl (C=O) groups is 1. The van der Waals surface area contributed by atoms with Crippen molar-refractivity contribution in [2.45, 2.75) is 52.6 Å². The van der Waals surface area contributed by atoms with Gasteiger partial charge in [-0.3, -0.25) is 0 Å². The summed E-state index contributed by atoms with van der Waals surface area (Å²) in [6, 6.07) is 0.245. The Hall–Kier alpha value is -0.730. The quantitative estimate of drug-likeness (QED) is 0.709. The van der Waals surface area contributed by atoms with E-state index in [-0.39, 0.29) is 12.1 Å². The van der Waals surface area contributed by atoms with Crippen LogP contribution in [0.4, 0.5) is 4.79 Å². The van der Waals surface area contributed by atoms with E-state index in [1.165, 1.54) is 4.90 Å². The third kappa shape index (κ3) is 2.72. The molecule has 0 rings (SSSR count). The SMILES string of the molecule is CCC(C)N(C(=O)O)C(C)CC. The van der Waals surface area contributed by atoms with Gasteiger partial charge in [0.05, 0.1) is 0 Å². The van der Waals surface area contributed by atoms with Crippen molar-refractivity contribution in [3.8, 4) is 0 Å². The molecule has 72 valence electrons. The van der Waals surface area contributed by atoms with Gasteiger partial charge in [0.1, 0.15) is 0 Å². The van der Waals surface area contributed by atoms with E-state index in [0.29, 0.717) is 0 Å². The Morgan fingerprint density at radius 3 is 1.75 bits per heavy atom. The zero-order valence-electron chi connectivity index (χ0n) is 8.37. The molecule has 0 fully saturated rings. The van der Waals surface area contributed by atoms with Crippen LogP contribution in [0.2, 0.25) is 0 Å². The number of hydrogen-bond acceptors (Lipinski definition) is 1. The lowest BCUT2D eigenvalue weighted by Crippen LogP contribution is -2.43. The molecule has 0 aliphatic carbocycles. The van der Waals surface area contributed by atoms with Gasteiger partial charge in [-0.25, -0.2) is 4.79 Å². The van der Waals surface area contributed by atoms with E-state index in [9.17, 15) is 4.79 Å². The van der Waals surface area contributed by atoms with E-state index < -0.39 is 6.09 Å². The summed E-state index contributed by atoms with van der Waals surface area (Å²) in [5.41, 5.74) is 0. The highest BCUT2D eigenvalue weighted by molar-refractivity contribution is 5.65. The lowest BCUT2D eigenvalue weighted by atomic mass is 10.1. The summed E-state index contributed by atoms with van der Waals surface area (Å²) < 4.78 is 0. The Morgan fingerprint density at radius 1 is 1.25 bits per heavy atom. The first-order valence-corrected chi connectivity index (χ1v) is 4.55. The fraction of sp³-hybridized carbons (Fsp3) is 0.889. The van der Waals surface area contributed by atoms with Crippen LogP contribution in [0, 0.1) is 0 Å². The highest BCUT2D eigenvalue weighted by atomic mass is 16.4. The van der Waals surface area contributed by atoms with Crippen molar-refractivity contribution in [1.29, 1.82) is 0 Å². The summed E-state index contributed by atoms with van der Waals surface area (Å²) in [7, 11) is 0. The van der Waals surface area contributed by atoms with Crippen LogP contribution in [0.1, 0.15) is 40.5 Å². The predicted octanol–water partition coefficient (Wildman–Crippen LogP) is 2.56. The van der Waals surface area contributed by atoms with Crippen molar-refractivity contribution in [1.82, 2.24) is 4.90 Å². The lowest BCUT2D eigenvalue weighted by molar-refractivity contribution is 0.104. The van der Waals surface area contributed by atoms with Crippen LogP contribution in [-0.2, 0) is 0 Å². The summed E-state index contributed by atoms with van der Waals surface area (Å²) in [5.74, 6) is 0. The molecule has 2 atom stereocenters. The summed E-state index contributed by atoms with van der Waals surface area (Å²) in [4.78, 5) is 12.4. The maximum atomic E-state index is 10.8. The molecular formula is C9H19NO2. The van der Waals surface area contributed by atoms with Gasteiger partial charge >= 0.3 is 6.09 Å². The molecule has 0 aliphatic rings. The van der Waals surface area contributed by atoms with Crippen molar-refractivity contribution in [3.63, 3.8) is 0 Å². The number of amides is 1. The van der Waals surface area contributed by atoms with Crippen molar-refractivity contribution in [2.24, 2.45) is 0 Å². The number of carboxylic acid groups (broad SMARTS) is 1. The average Bonchev–Trinajstić information content (AvgIpc) is 2.03. The molecular weight excluding hydrogens is 154 g/mol. The number of nitrogens with zero attached hydrogens (tertiary/aromatic N) is 1. The van der Waals surface area contributed by atoms with E-state index in [4.69, 9.17) is 5.11 Å². The van der Waals surface area contributed by atoms with Gasteiger partial charge in [-0.15, -0.1) is 0 Å². The first-order chi connectivity index (χ1) is 5.54. The molecule has 0 saturated carbocycles. The molecule has 0 aromatic carbocycles. The summed E-state index contributed by atoms with van der Waals surface area (Å²) in [5, 5.41) is 8.90. The molecule has 0 aliphatic heterocycles. The van der Waals surface area contributed by atoms with E-state index in [0.717, 1.165) is 12.8 Å². The standard InChI is InChI=1S/C9H19NO2/c1-5-7(3)10(9(11)12)8(4)6-2/h7-8H,5-6H2,1-4H3,(H,11,12). The van der Waals surface area contributed by atoms with Gasteiger partial charge in [-0.05, 0) is 26.7 Å². The second-order valence-electron chi connectivity index (χ2n) is 3.20. The summed E-state index contributed by atoms with van der Waals surface area (Å²) in [6.45, 7) is 7.90. The monoisotopic (exact) mass is 173 g/mol. The molecule has 0 aromatic heterocycles. The van der Waals surface area contributed by atoms with Crippen LogP contribution in [0.15, 0.2) is 0 Å². The minimum atomic E-state index is -0.807. The highest BCUT2D eigenvalue weighted by Crippen LogP contribution is 2.11. The molecule has 0 saturated heterocycles. The predicted molar refractivity (Wildman–Crippen MR) is 49.4 cm³/mol. The summed E-state index contributed by atoms with van der Waals surface area (Å²) in [6.07, 6.45) is 0.937. The van der Waals surface area contributed by atoms with Crippen LogP contribution in [0.3, 0.4) is 0 Å². The van der Waals surface area contributed by atoms with Gasteiger partial charge in [0, 0.05) is 12.1 Å². The minimum Gasteiger partial charge on any atom is -0.465 e. The van der Waals surface area contributed by atoms with E-state index in [1.54, 1.807) is 0 Å². The van der Waals surface area contributed by atoms with Crippen LogP contribution in [0.5, 0.6) is 0 Å². The molecule has 0 heterocycles. The van der Waals surface area contributed by atoms with Crippen molar-refractivity contribution in [2.75, 3.05) is 0 Å². The third-order valence-corrected chi connectivity index (χ3v) is 2.35. The van der Waals surface area contributed by atoms with Crippen LogP contribution < -0.4 is 0 Å². The fourth-order valence-electron chi connectivity index (χ4n) is 1.20. The van der Waals surface area contributed by atoms with Crippen molar-refractivity contribution >= 4 is 6.09 Å². The molecule has 0 radical (unpaired) electrons. The second kappa shape index (κ2) is 5.01. The maximum Gasteiger partial charge on any atom is 0.407 e. The molecule has 1 N–H and O–H groups in total. The van der Waals surface area contributed by atoms with Gasteiger partial charge in [0.25, 0.3) is 0 Å². The Kier molecular flexibility index (Phi) is 4.71. The topological polar surface area (TPSA) is 40.5 Å². The van der Waals surface area contributed by atoms with Crippen LogP contribution in [-0.4, -0.2) is 28.2 Å². The molecule has 1 amide bonds. The Morgan fingerprint density at radius 2 is 1.58 bits per heavy atom. The van der Waals surface area contributed by atoms with Gasteiger partial charge in [-0.2, -0.15) is 0 Å². The number of rotatable bonds is 4. The van der Waals surface area contributed by atoms with Gasteiger partial charge in [0.2, 0.25) is 0 Å². The second-order valence-corrected chi connectivity index (χ2v) is 3.20. The van der Waals surface area contributed by atoms with Crippen LogP contribution >= 0.6 is 0 Å². The smallest absolute Gasteiger partial charge is 0.407 e. The van der Waals surface area contributed by atoms with Crippen molar-refractivity contribution < 1.29 is 9.90 Å². The van der Waals surface area contributed by atoms with E-state index >= 15 is 0 Å². The lowest BCUT2D eigenvalue weighted by Gasteiger charge is -2.30. The maximum absolute atomic E-state index is 10.8. The normalized spacial score (nSPS) is 15.3. The zero-order chi connectivity index (χ0) is 9.72. The van der Waals surface area contributed by atoms with Gasteiger partial charge in [0.15, 0.2) is 0 Å². The number of hydrogen-bond donors (Lipinski definition) is 1. The molecule has 0 bridgehead atoms. The molecule has 2 unspecified atom stereocenters. The summed E-state index contributed by atoms with van der Waals surface area (Å²) >= 11 is 0. The molecule has 3 nitrogen and oxygen atoms in total. The minimum absolute atomic E-state index is 0.123. The largest absolute Gasteiger partial charge is 0.465 e. The van der Waals surface area contributed by atoms with Gasteiger partial charge in [-0.1, -0.05) is 13.8 Å². The highest BCUT2D eigenvalue weighted by Gasteiger charge is 2.22. The molecule has 12 heavy (non-hydrogen) atoms. The fourth-order valence-corrected chi connectivity index (χ4v) is 1.20. The van der Waals surface area contributed by atoms with Crippen LogP contribution in [0.25, 0.3) is 0 Å². The first kappa shape index (κ1) is 11.3. The third-order valence-electron chi connectivity index (χ3n) is 2.35. The molecule has 0 aromatic rings. The van der Waals surface area contributed by atoms with Crippen molar-refractivity contribution in [3.05, 3.63) is 0 Å². The van der Waals surface area contributed by atoms with Gasteiger partial charge < -0.3 is 10.0 Å². The molecule has 0 spiro atoms. The average molecular weight is 173 g/mol. The van der Waals surface area contributed by atoms with E-state index in [1.807, 2.05) is 27.7 Å². The first-order valence-electron chi connectivity index (χ1n) is 4.55.